The molecule has 8 nitrogen and oxygen atoms in total. The molecule has 178 valence electrons. The summed E-state index contributed by atoms with van der Waals surface area (Å²) in [4.78, 5) is 17.8. The van der Waals surface area contributed by atoms with Gasteiger partial charge in [-0.25, -0.2) is 13.5 Å². The maximum atomic E-state index is 13.8. The number of aromatic nitrogens is 5. The lowest BCUT2D eigenvalue weighted by atomic mass is 10.1. The maximum absolute atomic E-state index is 13.8. The largest absolute Gasteiger partial charge is 0.490 e. The fourth-order valence-electron chi connectivity index (χ4n) is 3.96. The van der Waals surface area contributed by atoms with Crippen LogP contribution in [-0.4, -0.2) is 44.9 Å². The first kappa shape index (κ1) is 22.6. The van der Waals surface area contributed by atoms with Crippen LogP contribution < -0.4 is 10.3 Å². The fourth-order valence-corrected chi connectivity index (χ4v) is 3.96. The number of nitrogens with zero attached hydrogens (tertiary/aromatic N) is 5. The summed E-state index contributed by atoms with van der Waals surface area (Å²) in [6, 6.07) is 11.8. The van der Waals surface area contributed by atoms with Crippen molar-refractivity contribution in [2.24, 2.45) is 0 Å². The van der Waals surface area contributed by atoms with Gasteiger partial charge in [0.15, 0.2) is 5.52 Å². The Hall–Kier alpha value is -4.18. The van der Waals surface area contributed by atoms with E-state index >= 15 is 0 Å². The summed E-state index contributed by atoms with van der Waals surface area (Å²) in [6.45, 7) is 2.76. The number of pyridine rings is 2. The standard InChI is InChI=1S/C25H21F2N5O3/c1-15(16-3-4-22-17(9-16)10-21(14-28-22)35-8-7-34-2)32-24-23(29-30-32)5-6-31(25(24)33)20-12-18(26)11-19(27)13-20/h3-6,9-15H,7-8H2,1-2H3. The van der Waals surface area contributed by atoms with Crippen molar-refractivity contribution in [3.63, 3.8) is 0 Å². The number of fused-ring (bicyclic) bond motifs is 2. The lowest BCUT2D eigenvalue weighted by molar-refractivity contribution is 0.146. The van der Waals surface area contributed by atoms with Crippen LogP contribution in [0.1, 0.15) is 18.5 Å². The third-order valence-electron chi connectivity index (χ3n) is 5.73. The Morgan fingerprint density at radius 3 is 2.57 bits per heavy atom. The molecule has 5 aromatic rings. The first-order valence-corrected chi connectivity index (χ1v) is 10.9. The molecule has 0 radical (unpaired) electrons. The Bertz CT molecular complexity index is 1580. The van der Waals surface area contributed by atoms with Crippen LogP contribution in [-0.2, 0) is 4.74 Å². The molecule has 1 atom stereocenters. The van der Waals surface area contributed by atoms with Crippen LogP contribution in [0, 0.1) is 11.6 Å². The number of methoxy groups -OCH3 is 1. The zero-order valence-electron chi connectivity index (χ0n) is 19.0. The molecule has 3 aromatic heterocycles. The number of rotatable bonds is 7. The van der Waals surface area contributed by atoms with Gasteiger partial charge in [0.1, 0.15) is 29.5 Å². The average molecular weight is 477 g/mol. The number of hydrogen-bond donors (Lipinski definition) is 0. The van der Waals surface area contributed by atoms with Gasteiger partial charge < -0.3 is 9.47 Å². The summed E-state index contributed by atoms with van der Waals surface area (Å²) in [6.07, 6.45) is 3.08. The third-order valence-corrected chi connectivity index (χ3v) is 5.73. The lowest BCUT2D eigenvalue weighted by Crippen LogP contribution is -2.22. The van der Waals surface area contributed by atoms with E-state index in [1.54, 1.807) is 19.4 Å². The van der Waals surface area contributed by atoms with Gasteiger partial charge in [0, 0.05) is 24.8 Å². The molecule has 0 spiro atoms. The summed E-state index contributed by atoms with van der Waals surface area (Å²) in [5.41, 5.74) is 1.85. The minimum absolute atomic E-state index is 0.0765. The molecule has 0 fully saturated rings. The predicted octanol–water partition coefficient (Wildman–Crippen LogP) is 4.04. The van der Waals surface area contributed by atoms with E-state index in [9.17, 15) is 13.6 Å². The van der Waals surface area contributed by atoms with Gasteiger partial charge in [-0.15, -0.1) is 5.10 Å². The quantitative estimate of drug-likeness (QED) is 0.329. The molecule has 1 unspecified atom stereocenters. The Morgan fingerprint density at radius 1 is 1.00 bits per heavy atom. The first-order valence-electron chi connectivity index (χ1n) is 10.9. The molecule has 0 aliphatic heterocycles. The monoisotopic (exact) mass is 477 g/mol. The molecule has 2 aromatic carbocycles. The molecule has 0 N–H and O–H groups in total. The van der Waals surface area contributed by atoms with Crippen molar-refractivity contribution in [2.75, 3.05) is 20.3 Å². The van der Waals surface area contributed by atoms with E-state index in [0.29, 0.717) is 24.5 Å². The molecule has 0 aliphatic carbocycles. The van der Waals surface area contributed by atoms with Crippen LogP contribution in [0.5, 0.6) is 5.75 Å². The van der Waals surface area contributed by atoms with E-state index in [2.05, 4.69) is 15.3 Å². The van der Waals surface area contributed by atoms with Gasteiger partial charge in [-0.1, -0.05) is 11.3 Å². The normalized spacial score (nSPS) is 12.3. The van der Waals surface area contributed by atoms with Gasteiger partial charge in [-0.2, -0.15) is 0 Å². The van der Waals surface area contributed by atoms with Crippen LogP contribution >= 0.6 is 0 Å². The van der Waals surface area contributed by atoms with Crippen LogP contribution in [0.25, 0.3) is 27.6 Å². The molecule has 3 heterocycles. The lowest BCUT2D eigenvalue weighted by Gasteiger charge is -2.14. The highest BCUT2D eigenvalue weighted by atomic mass is 19.1. The van der Waals surface area contributed by atoms with Crippen LogP contribution in [0.4, 0.5) is 8.78 Å². The van der Waals surface area contributed by atoms with Gasteiger partial charge in [-0.3, -0.25) is 14.3 Å². The van der Waals surface area contributed by atoms with Crippen molar-refractivity contribution in [2.45, 2.75) is 13.0 Å². The van der Waals surface area contributed by atoms with Gasteiger partial charge in [0.05, 0.1) is 30.0 Å². The van der Waals surface area contributed by atoms with Gasteiger partial charge in [0.2, 0.25) is 0 Å². The molecule has 0 saturated carbocycles. The number of ether oxygens (including phenoxy) is 2. The van der Waals surface area contributed by atoms with Crippen molar-refractivity contribution >= 4 is 21.9 Å². The molecule has 0 saturated heterocycles. The molecule has 5 rings (SSSR count). The van der Waals surface area contributed by atoms with E-state index in [1.807, 2.05) is 31.2 Å². The molecular formula is C25H21F2N5O3. The SMILES string of the molecule is COCCOc1cnc2ccc(C(C)n3nnc4ccn(-c5cc(F)cc(F)c5)c(=O)c43)cc2c1. The number of hydrogen-bond acceptors (Lipinski definition) is 6. The second-order valence-corrected chi connectivity index (χ2v) is 8.03. The Balaban J connectivity index is 1.55. The minimum atomic E-state index is -0.776. The van der Waals surface area contributed by atoms with Gasteiger partial charge in [0.25, 0.3) is 5.56 Å². The van der Waals surface area contributed by atoms with Crippen molar-refractivity contribution in [3.05, 3.63) is 88.5 Å². The van der Waals surface area contributed by atoms with E-state index < -0.39 is 17.2 Å². The summed E-state index contributed by atoms with van der Waals surface area (Å²) >= 11 is 0. The Kier molecular flexibility index (Phi) is 5.96. The highest BCUT2D eigenvalue weighted by Gasteiger charge is 2.18. The highest BCUT2D eigenvalue weighted by molar-refractivity contribution is 5.81. The van der Waals surface area contributed by atoms with E-state index in [-0.39, 0.29) is 17.2 Å². The van der Waals surface area contributed by atoms with Crippen LogP contribution in [0.3, 0.4) is 0 Å². The third kappa shape index (κ3) is 4.35. The van der Waals surface area contributed by atoms with Gasteiger partial charge >= 0.3 is 0 Å². The second kappa shape index (κ2) is 9.22. The first-order chi connectivity index (χ1) is 16.9. The smallest absolute Gasteiger partial charge is 0.282 e. The molecule has 10 heteroatoms. The molecular weight excluding hydrogens is 456 g/mol. The predicted molar refractivity (Wildman–Crippen MR) is 126 cm³/mol. The molecule has 35 heavy (non-hydrogen) atoms. The van der Waals surface area contributed by atoms with Gasteiger partial charge in [-0.05, 0) is 48.9 Å². The molecule has 0 amide bonds. The van der Waals surface area contributed by atoms with Crippen molar-refractivity contribution in [1.82, 2.24) is 24.5 Å². The zero-order chi connectivity index (χ0) is 24.5. The second-order valence-electron chi connectivity index (χ2n) is 8.03. The molecule has 0 bridgehead atoms. The minimum Gasteiger partial charge on any atom is -0.490 e. The van der Waals surface area contributed by atoms with Crippen LogP contribution in [0.15, 0.2) is 65.7 Å². The highest BCUT2D eigenvalue weighted by Crippen LogP contribution is 2.26. The van der Waals surface area contributed by atoms with Crippen molar-refractivity contribution in [3.8, 4) is 11.4 Å². The van der Waals surface area contributed by atoms with Crippen molar-refractivity contribution in [1.29, 1.82) is 0 Å². The summed E-state index contributed by atoms with van der Waals surface area (Å²) in [5, 5.41) is 9.18. The summed E-state index contributed by atoms with van der Waals surface area (Å²) in [7, 11) is 1.61. The Labute approximate surface area is 198 Å². The average Bonchev–Trinajstić information content (AvgIpc) is 3.28. The fraction of sp³-hybridized carbons (Fsp3) is 0.200. The van der Waals surface area contributed by atoms with E-state index in [0.717, 1.165) is 34.7 Å². The molecule has 0 aliphatic rings. The summed E-state index contributed by atoms with van der Waals surface area (Å²) in [5.74, 6) is -0.930. The Morgan fingerprint density at radius 2 is 1.80 bits per heavy atom. The summed E-state index contributed by atoms with van der Waals surface area (Å²) < 4.78 is 40.9. The zero-order valence-corrected chi connectivity index (χ0v) is 19.0. The number of halogens is 2. The van der Waals surface area contributed by atoms with E-state index in [4.69, 9.17) is 9.47 Å². The maximum Gasteiger partial charge on any atom is 0.282 e. The number of benzene rings is 2. The van der Waals surface area contributed by atoms with E-state index in [1.165, 1.54) is 15.4 Å². The van der Waals surface area contributed by atoms with Crippen LogP contribution in [0.2, 0.25) is 0 Å². The van der Waals surface area contributed by atoms with Crippen molar-refractivity contribution < 1.29 is 18.3 Å². The topological polar surface area (TPSA) is 84.1 Å².